The van der Waals surface area contributed by atoms with Crippen molar-refractivity contribution in [3.05, 3.63) is 48.3 Å². The molecular formula is C22H24F3N7O2. The molecule has 1 aliphatic heterocycles. The minimum atomic E-state index is -4.52. The highest BCUT2D eigenvalue weighted by Gasteiger charge is 2.33. The fourth-order valence-electron chi connectivity index (χ4n) is 3.91. The number of anilines is 3. The van der Waals surface area contributed by atoms with Crippen LogP contribution in [0.3, 0.4) is 0 Å². The maximum Gasteiger partial charge on any atom is 0.419 e. The lowest BCUT2D eigenvalue weighted by Crippen LogP contribution is -2.51. The Kier molecular flexibility index (Phi) is 6.17. The van der Waals surface area contributed by atoms with E-state index in [0.717, 1.165) is 11.1 Å². The average molecular weight is 475 g/mol. The molecule has 4 rings (SSSR count). The van der Waals surface area contributed by atoms with Crippen molar-refractivity contribution in [2.45, 2.75) is 31.7 Å². The quantitative estimate of drug-likeness (QED) is 0.487. The summed E-state index contributed by atoms with van der Waals surface area (Å²) < 4.78 is 40.2. The van der Waals surface area contributed by atoms with Gasteiger partial charge in [-0.05, 0) is 37.1 Å². The third-order valence-electron chi connectivity index (χ3n) is 5.80. The molecule has 34 heavy (non-hydrogen) atoms. The number of carbonyl (C=O) groups excluding carboxylic acids is 1. The van der Waals surface area contributed by atoms with E-state index in [1.54, 1.807) is 6.07 Å². The van der Waals surface area contributed by atoms with Crippen LogP contribution in [0.1, 0.15) is 17.5 Å². The molecular weight excluding hydrogens is 451 g/mol. The lowest BCUT2D eigenvalue weighted by molar-refractivity contribution is -0.138. The van der Waals surface area contributed by atoms with E-state index in [1.807, 2.05) is 29.5 Å². The van der Waals surface area contributed by atoms with Crippen molar-refractivity contribution in [2.24, 2.45) is 7.05 Å². The zero-order chi connectivity index (χ0) is 24.6. The molecule has 0 saturated carbocycles. The van der Waals surface area contributed by atoms with Gasteiger partial charge < -0.3 is 25.2 Å². The van der Waals surface area contributed by atoms with Crippen molar-refractivity contribution in [2.75, 3.05) is 28.6 Å². The second-order valence-corrected chi connectivity index (χ2v) is 8.17. The number of aliphatic hydroxyl groups is 1. The summed E-state index contributed by atoms with van der Waals surface area (Å²) in [7, 11) is 1.87. The summed E-state index contributed by atoms with van der Waals surface area (Å²) in [6.45, 7) is 6.21. The largest absolute Gasteiger partial charge is 0.419 e. The molecule has 1 saturated heterocycles. The highest BCUT2D eigenvalue weighted by molar-refractivity contribution is 6.00. The van der Waals surface area contributed by atoms with E-state index in [0.29, 0.717) is 49.1 Å². The van der Waals surface area contributed by atoms with E-state index >= 15 is 0 Å². The number of aromatic nitrogens is 4. The number of piperidine rings is 1. The normalized spacial score (nSPS) is 18.7. The molecule has 3 N–H and O–H groups in total. The number of imidazole rings is 1. The molecule has 2 atom stereocenters. The van der Waals surface area contributed by atoms with Gasteiger partial charge in [0, 0.05) is 38.2 Å². The first kappa shape index (κ1) is 23.5. The summed E-state index contributed by atoms with van der Waals surface area (Å²) in [5.74, 6) is 0.346. The highest BCUT2D eigenvalue weighted by Crippen LogP contribution is 2.30. The van der Waals surface area contributed by atoms with Crippen LogP contribution in [0.25, 0.3) is 11.0 Å². The van der Waals surface area contributed by atoms with E-state index in [-0.39, 0.29) is 11.9 Å². The van der Waals surface area contributed by atoms with Crippen LogP contribution in [-0.4, -0.2) is 55.8 Å². The Bertz CT molecular complexity index is 1220. The summed E-state index contributed by atoms with van der Waals surface area (Å²) >= 11 is 0. The Labute approximate surface area is 193 Å². The minimum absolute atomic E-state index is 0.00197. The van der Waals surface area contributed by atoms with Crippen LogP contribution in [0, 0.1) is 6.92 Å². The van der Waals surface area contributed by atoms with E-state index < -0.39 is 23.9 Å². The van der Waals surface area contributed by atoms with Crippen molar-refractivity contribution in [3.63, 3.8) is 0 Å². The van der Waals surface area contributed by atoms with Gasteiger partial charge >= 0.3 is 6.18 Å². The van der Waals surface area contributed by atoms with Crippen LogP contribution < -0.4 is 15.5 Å². The van der Waals surface area contributed by atoms with Gasteiger partial charge in [0.15, 0.2) is 0 Å². The van der Waals surface area contributed by atoms with E-state index in [1.165, 1.54) is 6.08 Å². The molecule has 2 unspecified atom stereocenters. The number of aliphatic hydroxyl groups excluding tert-OH is 1. The third-order valence-corrected chi connectivity index (χ3v) is 5.80. The Hall–Kier alpha value is -3.67. The molecule has 0 bridgehead atoms. The van der Waals surface area contributed by atoms with E-state index in [9.17, 15) is 23.1 Å². The van der Waals surface area contributed by atoms with Gasteiger partial charge in [0.1, 0.15) is 0 Å². The zero-order valence-electron chi connectivity index (χ0n) is 18.6. The summed E-state index contributed by atoms with van der Waals surface area (Å²) in [4.78, 5) is 25.9. The molecule has 0 radical (unpaired) electrons. The molecule has 3 heterocycles. The molecule has 2 aromatic heterocycles. The minimum Gasteiger partial charge on any atom is -0.391 e. The van der Waals surface area contributed by atoms with Crippen LogP contribution >= 0.6 is 0 Å². The van der Waals surface area contributed by atoms with Crippen LogP contribution in [0.4, 0.5) is 30.8 Å². The maximum absolute atomic E-state index is 12.8. The van der Waals surface area contributed by atoms with Crippen molar-refractivity contribution < 1.29 is 23.1 Å². The molecule has 12 heteroatoms. The first-order valence-corrected chi connectivity index (χ1v) is 10.6. The number of benzene rings is 1. The van der Waals surface area contributed by atoms with E-state index in [2.05, 4.69) is 27.2 Å². The second-order valence-electron chi connectivity index (χ2n) is 8.17. The van der Waals surface area contributed by atoms with Gasteiger partial charge in [-0.15, -0.1) is 0 Å². The van der Waals surface area contributed by atoms with E-state index in [4.69, 9.17) is 4.98 Å². The van der Waals surface area contributed by atoms with Crippen molar-refractivity contribution >= 4 is 34.5 Å². The number of alkyl halides is 3. The molecule has 9 nitrogen and oxygen atoms in total. The highest BCUT2D eigenvalue weighted by atomic mass is 19.4. The van der Waals surface area contributed by atoms with Gasteiger partial charge in [0.25, 0.3) is 0 Å². The molecule has 1 aliphatic rings. The van der Waals surface area contributed by atoms with Crippen LogP contribution in [-0.2, 0) is 18.0 Å². The number of amides is 1. The predicted octanol–water partition coefficient (Wildman–Crippen LogP) is 2.87. The number of hydrogen-bond acceptors (Lipinski definition) is 7. The topological polar surface area (TPSA) is 108 Å². The second kappa shape index (κ2) is 8.93. The first-order chi connectivity index (χ1) is 16.1. The van der Waals surface area contributed by atoms with Crippen LogP contribution in [0.2, 0.25) is 0 Å². The summed E-state index contributed by atoms with van der Waals surface area (Å²) in [5.41, 5.74) is 2.11. The molecule has 1 fully saturated rings. The number of fused-ring (bicyclic) bond motifs is 1. The molecule has 0 spiro atoms. The Morgan fingerprint density at radius 1 is 1.29 bits per heavy atom. The van der Waals surface area contributed by atoms with Crippen molar-refractivity contribution in [3.8, 4) is 0 Å². The summed E-state index contributed by atoms with van der Waals surface area (Å²) in [5, 5.41) is 16.2. The number of hydrogen-bond donors (Lipinski definition) is 3. The monoisotopic (exact) mass is 475 g/mol. The van der Waals surface area contributed by atoms with Gasteiger partial charge in [0.2, 0.25) is 17.8 Å². The fourth-order valence-corrected chi connectivity index (χ4v) is 3.91. The third kappa shape index (κ3) is 4.67. The fraction of sp³-hybridized carbons (Fsp3) is 0.364. The molecule has 1 amide bonds. The molecule has 3 aromatic rings. The van der Waals surface area contributed by atoms with Gasteiger partial charge in [-0.25, -0.2) is 15.0 Å². The summed E-state index contributed by atoms with van der Waals surface area (Å²) in [6, 6.07) is 3.20. The van der Waals surface area contributed by atoms with Crippen LogP contribution in [0.15, 0.2) is 37.2 Å². The lowest BCUT2D eigenvalue weighted by atomic mass is 10.0. The zero-order valence-corrected chi connectivity index (χ0v) is 18.6. The van der Waals surface area contributed by atoms with Gasteiger partial charge in [-0.1, -0.05) is 6.58 Å². The van der Waals surface area contributed by atoms with Gasteiger partial charge in [-0.3, -0.25) is 4.79 Å². The van der Waals surface area contributed by atoms with Crippen molar-refractivity contribution in [1.82, 2.24) is 19.5 Å². The number of rotatable bonds is 5. The predicted molar refractivity (Wildman–Crippen MR) is 122 cm³/mol. The molecule has 1 aromatic carbocycles. The standard InChI is InChI=1S/C22H24F3N7O2/c1-4-19(34)28-14-8-15-17(7-12(14)2)31(3)21(30-15)32-6-5-18(33)16(11-32)29-20-26-9-13(10-27-20)22(23,24)25/h4,7-10,16,18,33H,1,5-6,11H2,2-3H3,(H,28,34)(H,26,27,29). The number of halogens is 3. The Balaban J connectivity index is 1.56. The smallest absolute Gasteiger partial charge is 0.391 e. The first-order valence-electron chi connectivity index (χ1n) is 10.6. The Morgan fingerprint density at radius 2 is 2.00 bits per heavy atom. The average Bonchev–Trinajstić information content (AvgIpc) is 3.10. The molecule has 180 valence electrons. The number of nitrogens with one attached hydrogen (secondary N) is 2. The number of aryl methyl sites for hydroxylation is 2. The lowest BCUT2D eigenvalue weighted by Gasteiger charge is -2.37. The van der Waals surface area contributed by atoms with Gasteiger partial charge in [0.05, 0.1) is 28.7 Å². The number of carbonyl (C=O) groups is 1. The molecule has 0 aliphatic carbocycles. The van der Waals surface area contributed by atoms with Gasteiger partial charge in [-0.2, -0.15) is 13.2 Å². The SMILES string of the molecule is C=CC(=O)Nc1cc2nc(N3CCC(O)C(Nc4ncc(C(F)(F)F)cn4)C3)n(C)c2cc1C. The number of nitrogens with zero attached hydrogens (tertiary/aromatic N) is 5. The van der Waals surface area contributed by atoms with Crippen LogP contribution in [0.5, 0.6) is 0 Å². The maximum atomic E-state index is 12.8. The summed E-state index contributed by atoms with van der Waals surface area (Å²) in [6.07, 6.45) is -2.23. The Morgan fingerprint density at radius 3 is 2.65 bits per heavy atom. The van der Waals surface area contributed by atoms with Crippen molar-refractivity contribution in [1.29, 1.82) is 0 Å².